The number of hydrogen-bond acceptors (Lipinski definition) is 3. The molecule has 0 radical (unpaired) electrons. The molecule has 0 unspecified atom stereocenters. The van der Waals surface area contributed by atoms with Crippen LogP contribution >= 0.6 is 0 Å². The quantitative estimate of drug-likeness (QED) is 0.799. The van der Waals surface area contributed by atoms with Crippen molar-refractivity contribution in [1.29, 1.82) is 0 Å². The van der Waals surface area contributed by atoms with E-state index < -0.39 is 0 Å². The second-order valence-electron chi connectivity index (χ2n) is 6.14. The molecule has 0 spiro atoms. The van der Waals surface area contributed by atoms with Gasteiger partial charge in [0.25, 0.3) is 0 Å². The smallest absolute Gasteiger partial charge is 0.144 e. The first-order valence-electron chi connectivity index (χ1n) is 7.30. The lowest BCUT2D eigenvalue weighted by Gasteiger charge is -2.19. The van der Waals surface area contributed by atoms with Crippen LogP contribution in [-0.4, -0.2) is 6.61 Å². The van der Waals surface area contributed by atoms with Crippen molar-refractivity contribution in [2.75, 3.05) is 17.7 Å². The lowest BCUT2D eigenvalue weighted by molar-refractivity contribution is 0.342. The molecule has 0 atom stereocenters. The van der Waals surface area contributed by atoms with Gasteiger partial charge in [-0.15, -0.1) is 0 Å². The van der Waals surface area contributed by atoms with E-state index in [0.29, 0.717) is 18.0 Å². The van der Waals surface area contributed by atoms with Crippen LogP contribution in [-0.2, 0) is 5.41 Å². The molecule has 3 nitrogen and oxygen atoms in total. The fourth-order valence-electron chi connectivity index (χ4n) is 2.11. The minimum Gasteiger partial charge on any atom is -0.492 e. The standard InChI is InChI=1S/C18H24N2O/c1-5-21-17-12-15(10-11-16(17)19)20-14-8-6-13(7-9-14)18(2,3)4/h6-12,20H,5,19H2,1-4H3. The van der Waals surface area contributed by atoms with E-state index in [2.05, 4.69) is 50.4 Å². The van der Waals surface area contributed by atoms with Crippen molar-refractivity contribution in [3.63, 3.8) is 0 Å². The van der Waals surface area contributed by atoms with Gasteiger partial charge in [0.1, 0.15) is 5.75 Å². The van der Waals surface area contributed by atoms with Gasteiger partial charge in [-0.2, -0.15) is 0 Å². The van der Waals surface area contributed by atoms with Crippen molar-refractivity contribution in [3.05, 3.63) is 48.0 Å². The summed E-state index contributed by atoms with van der Waals surface area (Å²) in [6, 6.07) is 14.2. The third kappa shape index (κ3) is 3.91. The number of hydrogen-bond donors (Lipinski definition) is 2. The molecule has 0 aliphatic rings. The number of ether oxygens (including phenoxy) is 1. The first kappa shape index (κ1) is 15.2. The van der Waals surface area contributed by atoms with Crippen molar-refractivity contribution in [3.8, 4) is 5.75 Å². The molecule has 0 fully saturated rings. The fourth-order valence-corrected chi connectivity index (χ4v) is 2.11. The van der Waals surface area contributed by atoms with Crippen LogP contribution in [0.2, 0.25) is 0 Å². The summed E-state index contributed by atoms with van der Waals surface area (Å²) in [5.41, 5.74) is 10.0. The van der Waals surface area contributed by atoms with E-state index in [1.807, 2.05) is 25.1 Å². The van der Waals surface area contributed by atoms with E-state index in [4.69, 9.17) is 10.5 Å². The molecule has 3 N–H and O–H groups in total. The van der Waals surface area contributed by atoms with Gasteiger partial charge in [0.2, 0.25) is 0 Å². The van der Waals surface area contributed by atoms with E-state index >= 15 is 0 Å². The predicted molar refractivity (Wildman–Crippen MR) is 90.4 cm³/mol. The Kier molecular flexibility index (Phi) is 4.41. The summed E-state index contributed by atoms with van der Waals surface area (Å²) in [6.07, 6.45) is 0. The predicted octanol–water partition coefficient (Wildman–Crippen LogP) is 4.71. The largest absolute Gasteiger partial charge is 0.492 e. The molecule has 0 heterocycles. The van der Waals surface area contributed by atoms with Gasteiger partial charge in [0.05, 0.1) is 12.3 Å². The summed E-state index contributed by atoms with van der Waals surface area (Å²) in [7, 11) is 0. The number of anilines is 3. The van der Waals surface area contributed by atoms with Gasteiger partial charge >= 0.3 is 0 Å². The third-order valence-electron chi connectivity index (χ3n) is 3.35. The van der Waals surface area contributed by atoms with Gasteiger partial charge in [-0.05, 0) is 42.2 Å². The Balaban J connectivity index is 2.16. The van der Waals surface area contributed by atoms with Gasteiger partial charge in [0.15, 0.2) is 0 Å². The number of benzene rings is 2. The molecule has 0 aromatic heterocycles. The number of nitrogen functional groups attached to an aromatic ring is 1. The van der Waals surface area contributed by atoms with Gasteiger partial charge in [-0.3, -0.25) is 0 Å². The highest BCUT2D eigenvalue weighted by molar-refractivity contribution is 5.67. The average Bonchev–Trinajstić information content (AvgIpc) is 2.42. The van der Waals surface area contributed by atoms with Crippen molar-refractivity contribution >= 4 is 17.1 Å². The summed E-state index contributed by atoms with van der Waals surface area (Å²) >= 11 is 0. The molecule has 0 aliphatic heterocycles. The third-order valence-corrected chi connectivity index (χ3v) is 3.35. The minimum absolute atomic E-state index is 0.169. The van der Waals surface area contributed by atoms with E-state index in [-0.39, 0.29) is 5.41 Å². The highest BCUT2D eigenvalue weighted by atomic mass is 16.5. The van der Waals surface area contributed by atoms with Gasteiger partial charge in [-0.25, -0.2) is 0 Å². The zero-order chi connectivity index (χ0) is 15.5. The summed E-state index contributed by atoms with van der Waals surface area (Å²) in [5.74, 6) is 0.716. The molecular weight excluding hydrogens is 260 g/mol. The highest BCUT2D eigenvalue weighted by Crippen LogP contribution is 2.29. The number of rotatable bonds is 4. The molecule has 3 heteroatoms. The fraction of sp³-hybridized carbons (Fsp3) is 0.333. The van der Waals surface area contributed by atoms with Crippen LogP contribution in [0.1, 0.15) is 33.3 Å². The molecule has 0 amide bonds. The van der Waals surface area contributed by atoms with E-state index in [1.165, 1.54) is 5.56 Å². The monoisotopic (exact) mass is 284 g/mol. The molecule has 0 saturated carbocycles. The molecule has 0 bridgehead atoms. The van der Waals surface area contributed by atoms with Crippen LogP contribution in [0, 0.1) is 0 Å². The van der Waals surface area contributed by atoms with Crippen LogP contribution in [0.3, 0.4) is 0 Å². The van der Waals surface area contributed by atoms with E-state index in [0.717, 1.165) is 11.4 Å². The zero-order valence-corrected chi connectivity index (χ0v) is 13.2. The van der Waals surface area contributed by atoms with Crippen molar-refractivity contribution in [2.45, 2.75) is 33.1 Å². The Bertz CT molecular complexity index is 598. The maximum Gasteiger partial charge on any atom is 0.144 e. The number of nitrogens with two attached hydrogens (primary N) is 1. The molecule has 2 aromatic carbocycles. The van der Waals surface area contributed by atoms with Gasteiger partial charge < -0.3 is 15.8 Å². The molecular formula is C18H24N2O. The molecule has 0 aliphatic carbocycles. The summed E-state index contributed by atoms with van der Waals surface area (Å²) in [6.45, 7) is 9.19. The van der Waals surface area contributed by atoms with Gasteiger partial charge in [-0.1, -0.05) is 32.9 Å². The Morgan fingerprint density at radius 3 is 2.19 bits per heavy atom. The Labute approximate surface area is 127 Å². The Morgan fingerprint density at radius 1 is 1.00 bits per heavy atom. The van der Waals surface area contributed by atoms with Crippen molar-refractivity contribution in [2.24, 2.45) is 0 Å². The second kappa shape index (κ2) is 6.08. The van der Waals surface area contributed by atoms with E-state index in [9.17, 15) is 0 Å². The topological polar surface area (TPSA) is 47.3 Å². The lowest BCUT2D eigenvalue weighted by Crippen LogP contribution is -2.10. The molecule has 0 saturated heterocycles. The maximum absolute atomic E-state index is 5.88. The van der Waals surface area contributed by atoms with Crippen LogP contribution < -0.4 is 15.8 Å². The lowest BCUT2D eigenvalue weighted by atomic mass is 9.87. The minimum atomic E-state index is 0.169. The van der Waals surface area contributed by atoms with E-state index in [1.54, 1.807) is 0 Å². The van der Waals surface area contributed by atoms with Crippen molar-refractivity contribution < 1.29 is 4.74 Å². The molecule has 2 aromatic rings. The van der Waals surface area contributed by atoms with Crippen LogP contribution in [0.5, 0.6) is 5.75 Å². The van der Waals surface area contributed by atoms with Crippen LogP contribution in [0.25, 0.3) is 0 Å². The summed E-state index contributed by atoms with van der Waals surface area (Å²) < 4.78 is 5.51. The normalized spacial score (nSPS) is 11.2. The summed E-state index contributed by atoms with van der Waals surface area (Å²) in [4.78, 5) is 0. The second-order valence-corrected chi connectivity index (χ2v) is 6.14. The maximum atomic E-state index is 5.88. The summed E-state index contributed by atoms with van der Waals surface area (Å²) in [5, 5.41) is 3.37. The van der Waals surface area contributed by atoms with Gasteiger partial charge in [0, 0.05) is 17.4 Å². The Morgan fingerprint density at radius 2 is 1.62 bits per heavy atom. The number of nitrogens with one attached hydrogen (secondary N) is 1. The first-order valence-corrected chi connectivity index (χ1v) is 7.30. The van der Waals surface area contributed by atoms with Crippen molar-refractivity contribution in [1.82, 2.24) is 0 Å². The average molecular weight is 284 g/mol. The van der Waals surface area contributed by atoms with Crippen LogP contribution in [0.4, 0.5) is 17.1 Å². The zero-order valence-electron chi connectivity index (χ0n) is 13.2. The highest BCUT2D eigenvalue weighted by Gasteiger charge is 2.12. The molecule has 2 rings (SSSR count). The molecule has 112 valence electrons. The Hall–Kier alpha value is -2.16. The van der Waals surface area contributed by atoms with Crippen LogP contribution in [0.15, 0.2) is 42.5 Å². The first-order chi connectivity index (χ1) is 9.90. The molecule has 21 heavy (non-hydrogen) atoms. The SMILES string of the molecule is CCOc1cc(Nc2ccc(C(C)(C)C)cc2)ccc1N.